The molecule has 146 valence electrons. The van der Waals surface area contributed by atoms with E-state index in [1.807, 2.05) is 57.2 Å². The smallest absolute Gasteiger partial charge is 0.263 e. The van der Waals surface area contributed by atoms with Crippen LogP contribution in [0.5, 0.6) is 5.75 Å². The van der Waals surface area contributed by atoms with Crippen molar-refractivity contribution in [3.05, 3.63) is 65.0 Å². The number of aromatic nitrogens is 2. The van der Waals surface area contributed by atoms with Gasteiger partial charge in [-0.1, -0.05) is 41.1 Å². The van der Waals surface area contributed by atoms with Crippen LogP contribution in [0.1, 0.15) is 29.5 Å². The molecule has 0 fully saturated rings. The summed E-state index contributed by atoms with van der Waals surface area (Å²) in [5.41, 5.74) is 4.23. The molecule has 0 bridgehead atoms. The van der Waals surface area contributed by atoms with Crippen molar-refractivity contribution in [3.63, 3.8) is 0 Å². The molecule has 0 spiro atoms. The number of nitrogens with zero attached hydrogens (tertiary/aromatic N) is 3. The first kappa shape index (κ1) is 19.6. The highest BCUT2D eigenvalue weighted by Crippen LogP contribution is 2.19. The molecule has 0 aliphatic rings. The lowest BCUT2D eigenvalue weighted by Crippen LogP contribution is -2.37. The summed E-state index contributed by atoms with van der Waals surface area (Å²) in [5, 5.41) is 4.01. The van der Waals surface area contributed by atoms with Gasteiger partial charge in [-0.05, 0) is 51.0 Å². The second-order valence-electron chi connectivity index (χ2n) is 7.16. The molecule has 6 heteroatoms. The number of ether oxygens (including phenoxy) is 1. The fourth-order valence-electron chi connectivity index (χ4n) is 2.99. The van der Waals surface area contributed by atoms with E-state index >= 15 is 0 Å². The van der Waals surface area contributed by atoms with Crippen LogP contribution >= 0.6 is 0 Å². The van der Waals surface area contributed by atoms with Gasteiger partial charge in [0.25, 0.3) is 5.91 Å². The molecular weight excluding hydrogens is 354 g/mol. The van der Waals surface area contributed by atoms with Gasteiger partial charge in [0.1, 0.15) is 5.75 Å². The van der Waals surface area contributed by atoms with Crippen LogP contribution in [0.25, 0.3) is 11.4 Å². The van der Waals surface area contributed by atoms with Crippen LogP contribution in [0, 0.1) is 20.8 Å². The molecule has 0 aliphatic heterocycles. The Morgan fingerprint density at radius 2 is 1.71 bits per heavy atom. The second kappa shape index (κ2) is 8.25. The number of aryl methyl sites for hydroxylation is 3. The van der Waals surface area contributed by atoms with Crippen molar-refractivity contribution in [2.75, 3.05) is 7.05 Å². The lowest BCUT2D eigenvalue weighted by Gasteiger charge is -2.21. The Hall–Kier alpha value is -3.15. The van der Waals surface area contributed by atoms with E-state index in [0.29, 0.717) is 17.5 Å². The van der Waals surface area contributed by atoms with Crippen LogP contribution < -0.4 is 4.74 Å². The fraction of sp³-hybridized carbons (Fsp3) is 0.318. The van der Waals surface area contributed by atoms with Crippen molar-refractivity contribution in [3.8, 4) is 17.1 Å². The Labute approximate surface area is 165 Å². The predicted octanol–water partition coefficient (Wildman–Crippen LogP) is 4.09. The molecule has 0 radical (unpaired) electrons. The largest absolute Gasteiger partial charge is 0.481 e. The van der Waals surface area contributed by atoms with E-state index in [4.69, 9.17) is 9.26 Å². The summed E-state index contributed by atoms with van der Waals surface area (Å²) in [4.78, 5) is 18.6. The number of rotatable bonds is 6. The summed E-state index contributed by atoms with van der Waals surface area (Å²) in [6.07, 6.45) is -0.620. The Morgan fingerprint density at radius 1 is 1.07 bits per heavy atom. The fourth-order valence-corrected chi connectivity index (χ4v) is 2.99. The molecule has 3 aromatic rings. The van der Waals surface area contributed by atoms with Gasteiger partial charge < -0.3 is 14.2 Å². The standard InChI is InChI=1S/C22H25N3O3/c1-14-6-8-18(9-7-14)21-23-20(28-24-21)13-25(5)22(26)17(4)27-19-11-15(2)10-16(3)12-19/h6-12,17H,13H2,1-5H3. The first-order valence-electron chi connectivity index (χ1n) is 9.21. The normalized spacial score (nSPS) is 11.9. The van der Waals surface area contributed by atoms with Gasteiger partial charge in [0.15, 0.2) is 6.10 Å². The maximum absolute atomic E-state index is 12.6. The number of benzene rings is 2. The van der Waals surface area contributed by atoms with Gasteiger partial charge in [-0.25, -0.2) is 0 Å². The minimum absolute atomic E-state index is 0.158. The van der Waals surface area contributed by atoms with E-state index in [9.17, 15) is 4.79 Å². The lowest BCUT2D eigenvalue weighted by molar-refractivity contribution is -0.137. The van der Waals surface area contributed by atoms with Gasteiger partial charge in [0.05, 0.1) is 6.54 Å². The van der Waals surface area contributed by atoms with Gasteiger partial charge in [-0.2, -0.15) is 4.98 Å². The minimum Gasteiger partial charge on any atom is -0.481 e. The molecule has 1 atom stereocenters. The SMILES string of the molecule is Cc1ccc(-c2noc(CN(C)C(=O)C(C)Oc3cc(C)cc(C)c3)n2)cc1. The van der Waals surface area contributed by atoms with Gasteiger partial charge >= 0.3 is 0 Å². The third kappa shape index (κ3) is 4.76. The molecule has 0 aliphatic carbocycles. The monoisotopic (exact) mass is 379 g/mol. The molecule has 0 saturated heterocycles. The zero-order valence-corrected chi connectivity index (χ0v) is 16.9. The summed E-state index contributed by atoms with van der Waals surface area (Å²) >= 11 is 0. The third-order valence-electron chi connectivity index (χ3n) is 4.38. The van der Waals surface area contributed by atoms with E-state index in [1.165, 1.54) is 4.90 Å². The number of amides is 1. The maximum atomic E-state index is 12.6. The average Bonchev–Trinajstić information content (AvgIpc) is 3.09. The summed E-state index contributed by atoms with van der Waals surface area (Å²) in [7, 11) is 1.69. The van der Waals surface area contributed by atoms with E-state index in [-0.39, 0.29) is 12.5 Å². The first-order valence-corrected chi connectivity index (χ1v) is 9.21. The first-order chi connectivity index (χ1) is 13.3. The highest BCUT2D eigenvalue weighted by molar-refractivity contribution is 5.80. The Balaban J connectivity index is 1.63. The second-order valence-corrected chi connectivity index (χ2v) is 7.16. The highest BCUT2D eigenvalue weighted by Gasteiger charge is 2.21. The number of likely N-dealkylation sites (N-methyl/N-ethyl adjacent to an activating group) is 1. The summed E-state index contributed by atoms with van der Waals surface area (Å²) in [5.74, 6) is 1.42. The summed E-state index contributed by atoms with van der Waals surface area (Å²) in [6, 6.07) is 13.8. The van der Waals surface area contributed by atoms with E-state index in [0.717, 1.165) is 22.3 Å². The molecule has 3 rings (SSSR count). The Kier molecular flexibility index (Phi) is 5.78. The molecule has 28 heavy (non-hydrogen) atoms. The highest BCUT2D eigenvalue weighted by atomic mass is 16.5. The summed E-state index contributed by atoms with van der Waals surface area (Å²) in [6.45, 7) is 7.98. The molecule has 0 N–H and O–H groups in total. The zero-order chi connectivity index (χ0) is 20.3. The van der Waals surface area contributed by atoms with Crippen LogP contribution in [0.3, 0.4) is 0 Å². The van der Waals surface area contributed by atoms with Gasteiger partial charge in [0.2, 0.25) is 11.7 Å². The third-order valence-corrected chi connectivity index (χ3v) is 4.38. The van der Waals surface area contributed by atoms with Crippen LogP contribution in [-0.4, -0.2) is 34.1 Å². The van der Waals surface area contributed by atoms with Crippen molar-refractivity contribution in [2.24, 2.45) is 0 Å². The van der Waals surface area contributed by atoms with Crippen LogP contribution in [0.15, 0.2) is 47.0 Å². The Bertz CT molecular complexity index is 943. The van der Waals surface area contributed by atoms with Crippen molar-refractivity contribution < 1.29 is 14.1 Å². The molecule has 0 saturated carbocycles. The quantitative estimate of drug-likeness (QED) is 0.645. The number of hydrogen-bond donors (Lipinski definition) is 0. The van der Waals surface area contributed by atoms with Crippen molar-refractivity contribution in [1.29, 1.82) is 0 Å². The van der Waals surface area contributed by atoms with Crippen molar-refractivity contribution >= 4 is 5.91 Å². The molecular formula is C22H25N3O3. The van der Waals surface area contributed by atoms with E-state index in [1.54, 1.807) is 14.0 Å². The van der Waals surface area contributed by atoms with E-state index < -0.39 is 6.10 Å². The molecule has 1 aromatic heterocycles. The van der Waals surface area contributed by atoms with Gasteiger partial charge in [-0.15, -0.1) is 0 Å². The zero-order valence-electron chi connectivity index (χ0n) is 16.9. The predicted molar refractivity (Wildman–Crippen MR) is 107 cm³/mol. The average molecular weight is 379 g/mol. The van der Waals surface area contributed by atoms with E-state index in [2.05, 4.69) is 16.2 Å². The molecule has 2 aromatic carbocycles. The van der Waals surface area contributed by atoms with Crippen molar-refractivity contribution in [2.45, 2.75) is 40.3 Å². The number of carbonyl (C=O) groups excluding carboxylic acids is 1. The lowest BCUT2D eigenvalue weighted by atomic mass is 10.1. The number of carbonyl (C=O) groups is 1. The van der Waals surface area contributed by atoms with Crippen LogP contribution in [0.2, 0.25) is 0 Å². The van der Waals surface area contributed by atoms with Crippen molar-refractivity contribution in [1.82, 2.24) is 15.0 Å². The summed E-state index contributed by atoms with van der Waals surface area (Å²) < 4.78 is 11.1. The minimum atomic E-state index is -0.620. The van der Waals surface area contributed by atoms with Crippen LogP contribution in [0.4, 0.5) is 0 Å². The van der Waals surface area contributed by atoms with Gasteiger partial charge in [0, 0.05) is 12.6 Å². The van der Waals surface area contributed by atoms with Gasteiger partial charge in [-0.3, -0.25) is 4.79 Å². The molecule has 1 amide bonds. The molecule has 1 heterocycles. The Morgan fingerprint density at radius 3 is 2.36 bits per heavy atom. The molecule has 1 unspecified atom stereocenters. The van der Waals surface area contributed by atoms with Crippen LogP contribution in [-0.2, 0) is 11.3 Å². The number of hydrogen-bond acceptors (Lipinski definition) is 5. The topological polar surface area (TPSA) is 68.5 Å². The molecule has 6 nitrogen and oxygen atoms in total. The maximum Gasteiger partial charge on any atom is 0.263 e.